The van der Waals surface area contributed by atoms with Crippen molar-refractivity contribution in [3.8, 4) is 0 Å². The second-order valence-corrected chi connectivity index (χ2v) is 3.12. The Balaban J connectivity index is 3.10. The Morgan fingerprint density at radius 2 is 2.07 bits per heavy atom. The Kier molecular flexibility index (Phi) is 4.11. The molecule has 15 heavy (non-hydrogen) atoms. The second kappa shape index (κ2) is 5.14. The van der Waals surface area contributed by atoms with Gasteiger partial charge < -0.3 is 10.4 Å². The van der Waals surface area contributed by atoms with Crippen molar-refractivity contribution in [1.82, 2.24) is 5.32 Å². The van der Waals surface area contributed by atoms with Crippen LogP contribution in [0.1, 0.15) is 23.7 Å². The quantitative estimate of drug-likeness (QED) is 0.812. The molecular formula is C10H12F3NO. The number of rotatable bonds is 4. The fraction of sp³-hybridized carbons (Fsp3) is 0.400. The van der Waals surface area contributed by atoms with Crippen LogP contribution in [0, 0.1) is 5.82 Å². The predicted molar refractivity (Wildman–Crippen MR) is 50.2 cm³/mol. The van der Waals surface area contributed by atoms with Crippen LogP contribution >= 0.6 is 0 Å². The number of alkyl halides is 2. The molecule has 0 spiro atoms. The van der Waals surface area contributed by atoms with Gasteiger partial charge in [0.05, 0.1) is 11.7 Å². The minimum absolute atomic E-state index is 0.0700. The number of benzene rings is 1. The van der Waals surface area contributed by atoms with Crippen LogP contribution in [0.15, 0.2) is 18.2 Å². The molecule has 0 radical (unpaired) electrons. The van der Waals surface area contributed by atoms with E-state index in [-0.39, 0.29) is 12.1 Å². The van der Waals surface area contributed by atoms with E-state index in [9.17, 15) is 18.3 Å². The smallest absolute Gasteiger partial charge is 0.267 e. The average molecular weight is 219 g/mol. The summed E-state index contributed by atoms with van der Waals surface area (Å²) in [6, 6.07) is 3.55. The van der Waals surface area contributed by atoms with E-state index in [1.807, 2.05) is 0 Å². The van der Waals surface area contributed by atoms with Crippen LogP contribution in [0.5, 0.6) is 0 Å². The summed E-state index contributed by atoms with van der Waals surface area (Å²) in [4.78, 5) is 0. The fourth-order valence-electron chi connectivity index (χ4n) is 1.38. The summed E-state index contributed by atoms with van der Waals surface area (Å²) in [6.45, 7) is 0.100. The van der Waals surface area contributed by atoms with Gasteiger partial charge in [-0.05, 0) is 18.7 Å². The highest BCUT2D eigenvalue weighted by molar-refractivity contribution is 5.31. The Labute approximate surface area is 85.7 Å². The molecule has 1 atom stereocenters. The van der Waals surface area contributed by atoms with Gasteiger partial charge in [-0.15, -0.1) is 0 Å². The number of halogens is 3. The molecule has 1 aromatic carbocycles. The zero-order valence-corrected chi connectivity index (χ0v) is 8.17. The first kappa shape index (κ1) is 12.0. The maximum atomic E-state index is 13.1. The molecule has 2 nitrogen and oxygen atoms in total. The molecule has 5 heteroatoms. The number of likely N-dealkylation sites (N-methyl/N-ethyl adjacent to an activating group) is 1. The monoisotopic (exact) mass is 219 g/mol. The summed E-state index contributed by atoms with van der Waals surface area (Å²) < 4.78 is 38.1. The highest BCUT2D eigenvalue weighted by Gasteiger charge is 2.21. The third-order valence-corrected chi connectivity index (χ3v) is 2.06. The van der Waals surface area contributed by atoms with E-state index >= 15 is 0 Å². The summed E-state index contributed by atoms with van der Waals surface area (Å²) in [7, 11) is 1.57. The zero-order chi connectivity index (χ0) is 11.4. The van der Waals surface area contributed by atoms with E-state index in [2.05, 4.69) is 5.32 Å². The molecule has 0 bridgehead atoms. The van der Waals surface area contributed by atoms with E-state index in [1.54, 1.807) is 7.05 Å². The largest absolute Gasteiger partial charge is 0.387 e. The summed E-state index contributed by atoms with van der Waals surface area (Å²) in [6.07, 6.45) is -4.05. The minimum atomic E-state index is -2.92. The first-order valence-corrected chi connectivity index (χ1v) is 4.47. The number of nitrogens with one attached hydrogen (secondary N) is 1. The first-order chi connectivity index (χ1) is 7.07. The number of aliphatic hydroxyl groups excluding tert-OH is 1. The molecule has 0 amide bonds. The molecule has 1 rings (SSSR count). The van der Waals surface area contributed by atoms with Gasteiger partial charge in [-0.25, -0.2) is 13.2 Å². The van der Waals surface area contributed by atoms with Crippen molar-refractivity contribution in [3.63, 3.8) is 0 Å². The summed E-state index contributed by atoms with van der Waals surface area (Å²) in [5, 5.41) is 12.1. The average Bonchev–Trinajstić information content (AvgIpc) is 2.17. The van der Waals surface area contributed by atoms with Crippen molar-refractivity contribution in [2.24, 2.45) is 0 Å². The van der Waals surface area contributed by atoms with Gasteiger partial charge in [-0.2, -0.15) is 0 Å². The summed E-state index contributed by atoms with van der Waals surface area (Å²) in [5.74, 6) is -0.988. The lowest BCUT2D eigenvalue weighted by Gasteiger charge is -2.15. The maximum absolute atomic E-state index is 13.1. The number of hydrogen-bond donors (Lipinski definition) is 2. The van der Waals surface area contributed by atoms with Gasteiger partial charge in [-0.1, -0.05) is 12.1 Å². The lowest BCUT2D eigenvalue weighted by atomic mass is 10.0. The van der Waals surface area contributed by atoms with Gasteiger partial charge in [0.2, 0.25) is 0 Å². The molecule has 0 aliphatic rings. The topological polar surface area (TPSA) is 32.3 Å². The zero-order valence-electron chi connectivity index (χ0n) is 8.17. The van der Waals surface area contributed by atoms with Gasteiger partial charge in [0, 0.05) is 6.54 Å². The van der Waals surface area contributed by atoms with Crippen molar-refractivity contribution < 1.29 is 18.3 Å². The van der Waals surface area contributed by atoms with Crippen molar-refractivity contribution in [3.05, 3.63) is 35.1 Å². The lowest BCUT2D eigenvalue weighted by Crippen LogP contribution is -2.18. The van der Waals surface area contributed by atoms with Gasteiger partial charge in [-0.3, -0.25) is 0 Å². The normalized spacial score (nSPS) is 13.2. The van der Waals surface area contributed by atoms with Crippen molar-refractivity contribution in [1.29, 1.82) is 0 Å². The van der Waals surface area contributed by atoms with Gasteiger partial charge in [0.25, 0.3) is 6.43 Å². The molecule has 0 fully saturated rings. The van der Waals surface area contributed by atoms with Crippen LogP contribution in [-0.4, -0.2) is 18.7 Å². The molecule has 0 saturated heterocycles. The molecule has 0 heterocycles. The molecular weight excluding hydrogens is 207 g/mol. The van der Waals surface area contributed by atoms with Crippen LogP contribution in [0.3, 0.4) is 0 Å². The third-order valence-electron chi connectivity index (χ3n) is 2.06. The number of aliphatic hydroxyl groups is 1. The highest BCUT2D eigenvalue weighted by Crippen LogP contribution is 2.29. The molecule has 0 aliphatic heterocycles. The van der Waals surface area contributed by atoms with E-state index in [0.29, 0.717) is 0 Å². The lowest BCUT2D eigenvalue weighted by molar-refractivity contribution is 0.131. The maximum Gasteiger partial charge on any atom is 0.267 e. The van der Waals surface area contributed by atoms with Gasteiger partial charge in [0.1, 0.15) is 5.82 Å². The van der Waals surface area contributed by atoms with Crippen molar-refractivity contribution in [2.75, 3.05) is 13.6 Å². The van der Waals surface area contributed by atoms with Crippen molar-refractivity contribution in [2.45, 2.75) is 12.5 Å². The minimum Gasteiger partial charge on any atom is -0.387 e. The highest BCUT2D eigenvalue weighted by atomic mass is 19.3. The Bertz CT molecular complexity index is 330. The van der Waals surface area contributed by atoms with Gasteiger partial charge >= 0.3 is 0 Å². The predicted octanol–water partition coefficient (Wildman–Crippen LogP) is 2.02. The molecule has 0 aromatic heterocycles. The fourth-order valence-corrected chi connectivity index (χ4v) is 1.38. The molecule has 84 valence electrons. The SMILES string of the molecule is CNCC(O)c1cccc(F)c1C(F)F. The van der Waals surface area contributed by atoms with E-state index < -0.39 is 23.9 Å². The molecule has 1 aromatic rings. The van der Waals surface area contributed by atoms with Crippen LogP contribution in [-0.2, 0) is 0 Å². The van der Waals surface area contributed by atoms with Crippen LogP contribution in [0.25, 0.3) is 0 Å². The molecule has 1 unspecified atom stereocenters. The Morgan fingerprint density at radius 3 is 2.60 bits per heavy atom. The molecule has 2 N–H and O–H groups in total. The number of hydrogen-bond acceptors (Lipinski definition) is 2. The molecule has 0 saturated carbocycles. The Morgan fingerprint density at radius 1 is 1.40 bits per heavy atom. The van der Waals surface area contributed by atoms with Gasteiger partial charge in [0.15, 0.2) is 0 Å². The van der Waals surface area contributed by atoms with E-state index in [4.69, 9.17) is 0 Å². The first-order valence-electron chi connectivity index (χ1n) is 4.47. The third kappa shape index (κ3) is 2.70. The summed E-state index contributed by atoms with van der Waals surface area (Å²) >= 11 is 0. The Hall–Kier alpha value is -1.07. The van der Waals surface area contributed by atoms with Crippen molar-refractivity contribution >= 4 is 0 Å². The van der Waals surface area contributed by atoms with E-state index in [1.165, 1.54) is 12.1 Å². The second-order valence-electron chi connectivity index (χ2n) is 3.12. The van der Waals surface area contributed by atoms with Crippen LogP contribution in [0.2, 0.25) is 0 Å². The standard InChI is InChI=1S/C10H12F3NO/c1-14-5-8(15)6-3-2-4-7(11)9(6)10(12)13/h2-4,8,10,14-15H,5H2,1H3. The van der Waals surface area contributed by atoms with Crippen LogP contribution in [0.4, 0.5) is 13.2 Å². The van der Waals surface area contributed by atoms with Crippen LogP contribution < -0.4 is 5.32 Å². The summed E-state index contributed by atoms with van der Waals surface area (Å²) in [5.41, 5.74) is -0.792. The van der Waals surface area contributed by atoms with E-state index in [0.717, 1.165) is 6.07 Å². The molecule has 0 aliphatic carbocycles.